The Labute approximate surface area is 238 Å². The first kappa shape index (κ1) is 33.0. The second-order valence-corrected chi connectivity index (χ2v) is 9.86. The third-order valence-corrected chi connectivity index (χ3v) is 6.54. The summed E-state index contributed by atoms with van der Waals surface area (Å²) in [5, 5.41) is 18.8. The van der Waals surface area contributed by atoms with E-state index in [1.165, 1.54) is 10.2 Å². The van der Waals surface area contributed by atoms with Gasteiger partial charge in [-0.05, 0) is 30.2 Å². The van der Waals surface area contributed by atoms with Crippen LogP contribution in [0, 0.1) is 5.41 Å². The Morgan fingerprint density at radius 1 is 0.837 bits per heavy atom. The summed E-state index contributed by atoms with van der Waals surface area (Å²) in [5.74, 6) is -4.78. The zero-order valence-electron chi connectivity index (χ0n) is 22.2. The van der Waals surface area contributed by atoms with Gasteiger partial charge in [0.25, 0.3) is 0 Å². The summed E-state index contributed by atoms with van der Waals surface area (Å²) in [7, 11) is 0. The first-order valence-corrected chi connectivity index (χ1v) is 12.5. The van der Waals surface area contributed by atoms with Crippen LogP contribution < -0.4 is 11.1 Å². The molecular weight excluding hydrogens is 592 g/mol. The van der Waals surface area contributed by atoms with E-state index < -0.39 is 35.4 Å². The van der Waals surface area contributed by atoms with Gasteiger partial charge < -0.3 is 10.2 Å². The second kappa shape index (κ2) is 13.2. The number of pyridine rings is 1. The topological polar surface area (TPSA) is 148 Å². The van der Waals surface area contributed by atoms with Crippen molar-refractivity contribution in [2.75, 3.05) is 13.1 Å². The van der Waals surface area contributed by atoms with Crippen LogP contribution in [-0.2, 0) is 35.6 Å². The first-order chi connectivity index (χ1) is 20.0. The molecule has 1 aromatic carbocycles. The smallest absolute Gasteiger partial charge is 0.475 e. The lowest BCUT2D eigenvalue weighted by atomic mass is 9.86. The van der Waals surface area contributed by atoms with Crippen molar-refractivity contribution in [3.8, 4) is 0 Å². The third-order valence-electron chi connectivity index (χ3n) is 6.54. The van der Waals surface area contributed by atoms with Gasteiger partial charge in [-0.3, -0.25) is 24.0 Å². The fraction of sp³-hybridized carbons (Fsp3) is 0.385. The van der Waals surface area contributed by atoms with Crippen LogP contribution in [0.5, 0.6) is 0 Å². The lowest BCUT2D eigenvalue weighted by Crippen LogP contribution is -2.43. The number of aliphatic carboxylic acids is 2. The van der Waals surface area contributed by atoms with Gasteiger partial charge in [-0.25, -0.2) is 14.3 Å². The summed E-state index contributed by atoms with van der Waals surface area (Å²) < 4.78 is 66.4. The number of carboxylic acid groups (broad SMARTS) is 2. The van der Waals surface area contributed by atoms with Crippen LogP contribution in [0.15, 0.2) is 64.4 Å². The Bertz CT molecular complexity index is 1520. The zero-order chi connectivity index (χ0) is 32.0. The van der Waals surface area contributed by atoms with Crippen LogP contribution in [0.2, 0.25) is 0 Å². The fourth-order valence-electron chi connectivity index (χ4n) is 4.65. The molecule has 0 bridgehead atoms. The van der Waals surface area contributed by atoms with Crippen LogP contribution in [0.3, 0.4) is 0 Å². The number of fused-ring (bicyclic) bond motifs is 1. The van der Waals surface area contributed by atoms with Crippen molar-refractivity contribution in [2.24, 2.45) is 5.41 Å². The van der Waals surface area contributed by atoms with Gasteiger partial charge in [0.2, 0.25) is 0 Å². The van der Waals surface area contributed by atoms with Gasteiger partial charge in [0, 0.05) is 43.9 Å². The van der Waals surface area contributed by atoms with Crippen LogP contribution in [0.25, 0.3) is 0 Å². The summed E-state index contributed by atoms with van der Waals surface area (Å²) in [4.78, 5) is 49.7. The lowest BCUT2D eigenvalue weighted by molar-refractivity contribution is -0.193. The lowest BCUT2D eigenvalue weighted by Gasteiger charge is -2.22. The number of benzene rings is 1. The molecule has 4 heterocycles. The van der Waals surface area contributed by atoms with E-state index >= 15 is 0 Å². The molecule has 3 aromatic rings. The van der Waals surface area contributed by atoms with E-state index in [0.29, 0.717) is 13.1 Å². The summed E-state index contributed by atoms with van der Waals surface area (Å²) in [6.07, 6.45) is -4.74. The summed E-state index contributed by atoms with van der Waals surface area (Å²) >= 11 is 0. The molecule has 2 aliphatic rings. The molecule has 11 nitrogen and oxygen atoms in total. The minimum absolute atomic E-state index is 0.0141. The number of carboxylic acids is 2. The standard InChI is InChI=1S/C22H23N5O2.2C2HF3O2/c28-20-21(29)27(14-17-5-2-1-3-6-17)24-19-11-22(16-26(19)20)8-10-25(15-22)13-18-7-4-9-23-12-18;2*3-2(4,5)1(6)7/h1-7,9,12H,8,10-11,13-16H2;2*(H,6,7). The summed E-state index contributed by atoms with van der Waals surface area (Å²) in [5.41, 5.74) is 1.15. The molecule has 0 radical (unpaired) electrons. The number of alkyl halides is 6. The van der Waals surface area contributed by atoms with Crippen molar-refractivity contribution >= 4 is 11.9 Å². The predicted octanol–water partition coefficient (Wildman–Crippen LogP) is 2.56. The van der Waals surface area contributed by atoms with Gasteiger partial charge in [0.1, 0.15) is 5.82 Å². The Balaban J connectivity index is 0.000000303. The maximum Gasteiger partial charge on any atom is 0.490 e. The first-order valence-electron chi connectivity index (χ1n) is 12.5. The highest BCUT2D eigenvalue weighted by atomic mass is 19.4. The average Bonchev–Trinajstić information content (AvgIpc) is 3.50. The van der Waals surface area contributed by atoms with Crippen molar-refractivity contribution in [2.45, 2.75) is 44.8 Å². The van der Waals surface area contributed by atoms with Crippen molar-refractivity contribution in [3.63, 3.8) is 0 Å². The van der Waals surface area contributed by atoms with Crippen molar-refractivity contribution < 1.29 is 46.1 Å². The molecule has 0 saturated carbocycles. The highest BCUT2D eigenvalue weighted by Gasteiger charge is 2.44. The number of hydrogen-bond donors (Lipinski definition) is 2. The number of aromatic nitrogens is 4. The van der Waals surface area contributed by atoms with E-state index in [4.69, 9.17) is 19.8 Å². The van der Waals surface area contributed by atoms with Crippen molar-refractivity contribution in [1.82, 2.24) is 24.2 Å². The Kier molecular flexibility index (Phi) is 10.1. The molecule has 0 amide bonds. The van der Waals surface area contributed by atoms with Crippen molar-refractivity contribution in [3.05, 3.63) is 92.5 Å². The monoisotopic (exact) mass is 617 g/mol. The molecule has 1 saturated heterocycles. The predicted molar refractivity (Wildman–Crippen MR) is 136 cm³/mol. The molecule has 2 aliphatic heterocycles. The molecule has 5 rings (SSSR count). The van der Waals surface area contributed by atoms with E-state index in [-0.39, 0.29) is 5.41 Å². The quantitative estimate of drug-likeness (QED) is 0.333. The largest absolute Gasteiger partial charge is 0.490 e. The average molecular weight is 618 g/mol. The molecular formula is C26H25F6N5O6. The summed E-state index contributed by atoms with van der Waals surface area (Å²) in [6, 6.07) is 13.7. The van der Waals surface area contributed by atoms with Gasteiger partial charge in [-0.15, -0.1) is 0 Å². The molecule has 1 unspecified atom stereocenters. The molecule has 2 aromatic heterocycles. The number of rotatable bonds is 4. The number of likely N-dealkylation sites (tertiary alicyclic amines) is 1. The summed E-state index contributed by atoms with van der Waals surface area (Å²) in [6.45, 7) is 3.64. The Morgan fingerprint density at radius 2 is 1.42 bits per heavy atom. The number of nitrogens with zero attached hydrogens (tertiary/aromatic N) is 5. The highest BCUT2D eigenvalue weighted by Crippen LogP contribution is 2.39. The Hall–Kier alpha value is -4.54. The van der Waals surface area contributed by atoms with E-state index in [1.54, 1.807) is 10.8 Å². The van der Waals surface area contributed by atoms with E-state index in [1.807, 2.05) is 42.6 Å². The van der Waals surface area contributed by atoms with Gasteiger partial charge in [0.05, 0.1) is 6.54 Å². The zero-order valence-corrected chi connectivity index (χ0v) is 22.2. The van der Waals surface area contributed by atoms with E-state index in [9.17, 15) is 35.9 Å². The number of carbonyl (C=O) groups is 2. The van der Waals surface area contributed by atoms with Crippen LogP contribution in [-0.4, -0.2) is 71.8 Å². The van der Waals surface area contributed by atoms with Gasteiger partial charge in [0.15, 0.2) is 0 Å². The molecule has 1 fully saturated rings. The minimum atomic E-state index is -5.08. The fourth-order valence-corrected chi connectivity index (χ4v) is 4.65. The maximum atomic E-state index is 12.8. The van der Waals surface area contributed by atoms with Gasteiger partial charge in [-0.1, -0.05) is 36.4 Å². The molecule has 2 N–H and O–H groups in total. The molecule has 1 atom stereocenters. The van der Waals surface area contributed by atoms with Crippen molar-refractivity contribution in [1.29, 1.82) is 0 Å². The van der Waals surface area contributed by atoms with Crippen LogP contribution in [0.4, 0.5) is 26.3 Å². The SMILES string of the molecule is O=C(O)C(F)(F)F.O=C(O)C(F)(F)F.O=c1c(=O)n2c(nn1Cc1ccccc1)CC1(CCN(Cc3cccnc3)C1)C2. The van der Waals surface area contributed by atoms with Gasteiger partial charge >= 0.3 is 35.4 Å². The molecule has 0 aliphatic carbocycles. The highest BCUT2D eigenvalue weighted by molar-refractivity contribution is 5.73. The number of hydrogen-bond acceptors (Lipinski definition) is 7. The van der Waals surface area contributed by atoms with Crippen LogP contribution in [0.1, 0.15) is 23.4 Å². The maximum absolute atomic E-state index is 12.8. The molecule has 43 heavy (non-hydrogen) atoms. The number of halogens is 6. The van der Waals surface area contributed by atoms with E-state index in [2.05, 4.69) is 21.0 Å². The molecule has 17 heteroatoms. The van der Waals surface area contributed by atoms with Gasteiger partial charge in [-0.2, -0.15) is 31.4 Å². The third kappa shape index (κ3) is 8.97. The normalized spacial score (nSPS) is 17.8. The Morgan fingerprint density at radius 3 is 1.95 bits per heavy atom. The molecule has 1 spiro atoms. The minimum Gasteiger partial charge on any atom is -0.475 e. The van der Waals surface area contributed by atoms with E-state index in [0.717, 1.165) is 43.9 Å². The second-order valence-electron chi connectivity index (χ2n) is 9.86. The molecule has 232 valence electrons. The van der Waals surface area contributed by atoms with Crippen LogP contribution >= 0.6 is 0 Å².